The lowest BCUT2D eigenvalue weighted by Crippen LogP contribution is -2.27. The predicted molar refractivity (Wildman–Crippen MR) is 158 cm³/mol. The van der Waals surface area contributed by atoms with Gasteiger partial charge in [-0.15, -0.1) is 0 Å². The molecule has 0 aliphatic carbocycles. The van der Waals surface area contributed by atoms with Gasteiger partial charge >= 0.3 is 0 Å². The van der Waals surface area contributed by atoms with E-state index < -0.39 is 0 Å². The SMILES string of the molecule is CCn1cc([C@H](CC(=O)NCCC(c2ccccc2)c2ccccc2)c2ccc(C)cc2)c2ccccc21. The number of nitrogens with zero attached hydrogens (tertiary/aromatic N) is 1. The lowest BCUT2D eigenvalue weighted by molar-refractivity contribution is -0.121. The van der Waals surface area contributed by atoms with Crippen LogP contribution in [0.4, 0.5) is 0 Å². The lowest BCUT2D eigenvalue weighted by atomic mass is 9.87. The Bertz CT molecular complexity index is 1430. The van der Waals surface area contributed by atoms with Gasteiger partial charge in [-0.3, -0.25) is 4.79 Å². The van der Waals surface area contributed by atoms with Gasteiger partial charge < -0.3 is 9.88 Å². The summed E-state index contributed by atoms with van der Waals surface area (Å²) in [6.07, 6.45) is 3.51. The summed E-state index contributed by atoms with van der Waals surface area (Å²) < 4.78 is 2.29. The lowest BCUT2D eigenvalue weighted by Gasteiger charge is -2.20. The molecule has 0 bridgehead atoms. The first-order valence-corrected chi connectivity index (χ1v) is 13.6. The summed E-state index contributed by atoms with van der Waals surface area (Å²) in [7, 11) is 0. The van der Waals surface area contributed by atoms with Crippen molar-refractivity contribution in [3.63, 3.8) is 0 Å². The van der Waals surface area contributed by atoms with Gasteiger partial charge in [0.15, 0.2) is 0 Å². The van der Waals surface area contributed by atoms with E-state index in [-0.39, 0.29) is 17.7 Å². The monoisotopic (exact) mass is 500 g/mol. The Morgan fingerprint density at radius 3 is 1.95 bits per heavy atom. The molecule has 0 aliphatic rings. The van der Waals surface area contributed by atoms with Crippen molar-refractivity contribution in [3.8, 4) is 0 Å². The molecule has 0 spiro atoms. The highest BCUT2D eigenvalue weighted by atomic mass is 16.1. The molecule has 0 saturated heterocycles. The average molecular weight is 501 g/mol. The zero-order valence-corrected chi connectivity index (χ0v) is 22.3. The number of carbonyl (C=O) groups is 1. The van der Waals surface area contributed by atoms with Gasteiger partial charge in [0.2, 0.25) is 5.91 Å². The molecule has 0 aliphatic heterocycles. The van der Waals surface area contributed by atoms with Gasteiger partial charge in [-0.1, -0.05) is 109 Å². The number of amides is 1. The standard InChI is InChI=1S/C35H36N2O/c1-3-37-25-33(31-16-10-11-17-34(31)37)32(29-20-18-26(2)19-21-29)24-35(38)36-23-22-30(27-12-6-4-7-13-27)28-14-8-5-9-15-28/h4-21,25,30,32H,3,22-24H2,1-2H3,(H,36,38)/t32-/m1/s1. The molecule has 38 heavy (non-hydrogen) atoms. The zero-order chi connectivity index (χ0) is 26.3. The van der Waals surface area contributed by atoms with Crippen molar-refractivity contribution in [2.24, 2.45) is 0 Å². The molecule has 0 unspecified atom stereocenters. The summed E-state index contributed by atoms with van der Waals surface area (Å²) in [5.41, 5.74) is 7.39. The van der Waals surface area contributed by atoms with Crippen LogP contribution < -0.4 is 5.32 Å². The van der Waals surface area contributed by atoms with Crippen molar-refractivity contribution in [1.82, 2.24) is 9.88 Å². The van der Waals surface area contributed by atoms with Crippen LogP contribution >= 0.6 is 0 Å². The summed E-state index contributed by atoms with van der Waals surface area (Å²) in [5, 5.41) is 4.48. The van der Waals surface area contributed by atoms with Crippen molar-refractivity contribution in [1.29, 1.82) is 0 Å². The number of rotatable bonds is 10. The zero-order valence-electron chi connectivity index (χ0n) is 22.3. The first-order valence-electron chi connectivity index (χ1n) is 13.6. The Balaban J connectivity index is 1.36. The van der Waals surface area contributed by atoms with Gasteiger partial charge in [0, 0.05) is 48.4 Å². The van der Waals surface area contributed by atoms with Crippen LogP contribution in [-0.2, 0) is 11.3 Å². The molecule has 5 rings (SSSR count). The van der Waals surface area contributed by atoms with Crippen LogP contribution in [0, 0.1) is 6.92 Å². The third-order valence-corrected chi connectivity index (χ3v) is 7.56. The van der Waals surface area contributed by atoms with E-state index in [4.69, 9.17) is 0 Å². The van der Waals surface area contributed by atoms with E-state index in [9.17, 15) is 4.79 Å². The van der Waals surface area contributed by atoms with Gasteiger partial charge in [0.25, 0.3) is 0 Å². The van der Waals surface area contributed by atoms with E-state index in [0.717, 1.165) is 13.0 Å². The Morgan fingerprint density at radius 1 is 0.737 bits per heavy atom. The highest BCUT2D eigenvalue weighted by Gasteiger charge is 2.23. The number of aryl methyl sites for hydroxylation is 2. The van der Waals surface area contributed by atoms with E-state index >= 15 is 0 Å². The Kier molecular flexibility index (Phi) is 8.04. The molecule has 1 N–H and O–H groups in total. The number of fused-ring (bicyclic) bond motifs is 1. The fourth-order valence-electron chi connectivity index (χ4n) is 5.53. The largest absolute Gasteiger partial charge is 0.356 e. The highest BCUT2D eigenvalue weighted by Crippen LogP contribution is 2.35. The first-order chi connectivity index (χ1) is 18.6. The molecule has 0 fully saturated rings. The van der Waals surface area contributed by atoms with E-state index in [1.807, 2.05) is 12.1 Å². The number of carbonyl (C=O) groups excluding carboxylic acids is 1. The van der Waals surface area contributed by atoms with Crippen molar-refractivity contribution in [2.45, 2.75) is 45.1 Å². The number of para-hydroxylation sites is 1. The minimum atomic E-state index is -0.00709. The maximum atomic E-state index is 13.4. The van der Waals surface area contributed by atoms with Crippen LogP contribution in [0.2, 0.25) is 0 Å². The summed E-state index contributed by atoms with van der Waals surface area (Å²) in [6.45, 7) is 5.79. The molecule has 1 heterocycles. The predicted octanol–water partition coefficient (Wildman–Crippen LogP) is 7.83. The molecule has 1 atom stereocenters. The number of benzene rings is 4. The third kappa shape index (κ3) is 5.73. The maximum absolute atomic E-state index is 13.4. The molecule has 5 aromatic rings. The van der Waals surface area contributed by atoms with Gasteiger partial charge in [0.05, 0.1) is 0 Å². The van der Waals surface area contributed by atoms with Crippen molar-refractivity contribution in [3.05, 3.63) is 143 Å². The molecule has 1 amide bonds. The second-order valence-electron chi connectivity index (χ2n) is 10.1. The van der Waals surface area contributed by atoms with Crippen LogP contribution in [0.3, 0.4) is 0 Å². The summed E-state index contributed by atoms with van der Waals surface area (Å²) in [6, 6.07) is 38.3. The quantitative estimate of drug-likeness (QED) is 0.208. The van der Waals surface area contributed by atoms with E-state index in [1.54, 1.807) is 0 Å². The fourth-order valence-corrected chi connectivity index (χ4v) is 5.53. The van der Waals surface area contributed by atoms with Crippen molar-refractivity contribution in [2.75, 3.05) is 6.54 Å². The Morgan fingerprint density at radius 2 is 1.32 bits per heavy atom. The highest BCUT2D eigenvalue weighted by molar-refractivity contribution is 5.86. The van der Waals surface area contributed by atoms with Gasteiger partial charge in [-0.2, -0.15) is 0 Å². The second-order valence-corrected chi connectivity index (χ2v) is 10.1. The summed E-state index contributed by atoms with van der Waals surface area (Å²) in [5.74, 6) is 0.323. The number of nitrogens with one attached hydrogen (secondary N) is 1. The number of hydrogen-bond acceptors (Lipinski definition) is 1. The number of hydrogen-bond donors (Lipinski definition) is 1. The van der Waals surface area contributed by atoms with E-state index in [0.29, 0.717) is 13.0 Å². The Labute approximate surface area is 226 Å². The number of aromatic nitrogens is 1. The second kappa shape index (κ2) is 12.0. The third-order valence-electron chi connectivity index (χ3n) is 7.56. The van der Waals surface area contributed by atoms with Gasteiger partial charge in [-0.05, 0) is 48.6 Å². The fraction of sp³-hybridized carbons (Fsp3) is 0.229. The molecule has 192 valence electrons. The van der Waals surface area contributed by atoms with E-state index in [2.05, 4.69) is 127 Å². The van der Waals surface area contributed by atoms with Crippen LogP contribution in [0.5, 0.6) is 0 Å². The van der Waals surface area contributed by atoms with Crippen LogP contribution in [-0.4, -0.2) is 17.0 Å². The van der Waals surface area contributed by atoms with E-state index in [1.165, 1.54) is 38.7 Å². The van der Waals surface area contributed by atoms with Crippen molar-refractivity contribution < 1.29 is 4.79 Å². The van der Waals surface area contributed by atoms with Gasteiger partial charge in [0.1, 0.15) is 0 Å². The summed E-state index contributed by atoms with van der Waals surface area (Å²) in [4.78, 5) is 13.4. The molecule has 3 nitrogen and oxygen atoms in total. The molecule has 3 heteroatoms. The molecule has 0 saturated carbocycles. The summed E-state index contributed by atoms with van der Waals surface area (Å²) >= 11 is 0. The molecular formula is C35H36N2O. The minimum absolute atomic E-state index is 0.00709. The first kappa shape index (κ1) is 25.5. The van der Waals surface area contributed by atoms with Gasteiger partial charge in [-0.25, -0.2) is 0 Å². The van der Waals surface area contributed by atoms with Crippen LogP contribution in [0.1, 0.15) is 59.4 Å². The molecule has 1 aromatic heterocycles. The normalized spacial score (nSPS) is 12.1. The van der Waals surface area contributed by atoms with Crippen molar-refractivity contribution >= 4 is 16.8 Å². The smallest absolute Gasteiger partial charge is 0.220 e. The molecular weight excluding hydrogens is 464 g/mol. The maximum Gasteiger partial charge on any atom is 0.220 e. The average Bonchev–Trinajstić information content (AvgIpc) is 3.34. The van der Waals surface area contributed by atoms with Crippen LogP contribution in [0.15, 0.2) is 115 Å². The molecule has 4 aromatic carbocycles. The minimum Gasteiger partial charge on any atom is -0.356 e. The Hall–Kier alpha value is -4.11. The van der Waals surface area contributed by atoms with Crippen LogP contribution in [0.25, 0.3) is 10.9 Å². The topological polar surface area (TPSA) is 34.0 Å². The molecule has 0 radical (unpaired) electrons.